The van der Waals surface area contributed by atoms with Gasteiger partial charge in [0.15, 0.2) is 120 Å². The first-order valence-corrected chi connectivity index (χ1v) is 54.0. The highest BCUT2D eigenvalue weighted by molar-refractivity contribution is 7.81. The van der Waals surface area contributed by atoms with Crippen LogP contribution in [0.2, 0.25) is 0 Å². The van der Waals surface area contributed by atoms with Crippen LogP contribution in [0.4, 0.5) is 56.6 Å². The SMILES string of the molecule is [B]P1(=O)OC[C@H]2O[C@@H](n3cc(F)c4c(=O)[nH]cnc43)C(F)[C@H]2OP([B])(=O)OC[C@H]2O[C@@H](n3cc4c5c(ccnc53)NCCC4)[C@@H](F)C2O1.[B]P1(=O)OC[C@H]2O[C@@H](n3cc(F)c4c(=O)[nH]cnc43)C(F)[C@H]2OP([B])(=O)OC[C@H]2O[C@@H](n3nc4c5c(ccnc53)NC(=O)CC4)[C@@H](F)C2O1.[B]P1(=O)OC[C@H]2O[C@@H](n3cc(F)c4c(=O)[nH]cnc43)C(F)[C@H]2OP([B])(=O)OC[C@H]2O[C@@H](n3nc4c5c(ccnc53)NCCC4)[C@@H](F)C2O1. The zero-order valence-corrected chi connectivity index (χ0v) is 79.4. The lowest BCUT2D eigenvalue weighted by Crippen LogP contribution is -2.37. The van der Waals surface area contributed by atoms with Gasteiger partial charge in [0.25, 0.3) is 61.5 Å². The maximum atomic E-state index is 16.3. The monoisotopic (exact) mass is 2130 g/mol. The quantitative estimate of drug-likeness (QED) is 0.0528. The fourth-order valence-electron chi connectivity index (χ4n) is 19.5. The number of rotatable bonds is 6. The van der Waals surface area contributed by atoms with Crippen molar-refractivity contribution in [3.05, 3.63) is 146 Å². The molecular weight excluding hydrogens is 2060 g/mol. The number of ether oxygens (including phenoxy) is 6. The van der Waals surface area contributed by atoms with Crippen molar-refractivity contribution in [1.82, 2.24) is 82.7 Å². The van der Waals surface area contributed by atoms with Crippen molar-refractivity contribution in [1.29, 1.82) is 0 Å². The molecule has 48 nitrogen and oxygen atoms in total. The maximum absolute atomic E-state index is 16.3. The Morgan fingerprint density at radius 2 is 0.614 bits per heavy atom. The van der Waals surface area contributed by atoms with Gasteiger partial charge in [-0.25, -0.2) is 78.8 Å². The van der Waals surface area contributed by atoms with Gasteiger partial charge in [-0.2, -0.15) is 10.2 Å². The van der Waals surface area contributed by atoms with Crippen molar-refractivity contribution in [3.63, 3.8) is 0 Å². The molecule has 12 aliphatic rings. The number of hydrogen-bond donors (Lipinski definition) is 6. The van der Waals surface area contributed by atoms with Gasteiger partial charge in [0, 0.05) is 86.1 Å². The number of fused-ring (bicyclic) bond motifs is 9. The van der Waals surface area contributed by atoms with E-state index >= 15 is 26.3 Å². The highest BCUT2D eigenvalue weighted by Gasteiger charge is 2.60. The van der Waals surface area contributed by atoms with E-state index in [-0.39, 0.29) is 41.3 Å². The van der Waals surface area contributed by atoms with Crippen molar-refractivity contribution in [2.75, 3.05) is 68.7 Å². The number of hydrogen-bond acceptors (Lipinski definition) is 38. The summed E-state index contributed by atoms with van der Waals surface area (Å²) in [7, 11) is 7.04. The molecule has 754 valence electrons. The predicted molar refractivity (Wildman–Crippen MR) is 484 cm³/mol. The van der Waals surface area contributed by atoms with Gasteiger partial charge in [-0.1, -0.05) is 0 Å². The molecular formula is C76H71B6F9N20O28P6. The Morgan fingerprint density at radius 1 is 0.331 bits per heavy atom. The van der Waals surface area contributed by atoms with Crippen molar-refractivity contribution < 1.29 is 154 Å². The zero-order chi connectivity index (χ0) is 101. The van der Waals surface area contributed by atoms with E-state index in [9.17, 15) is 59.7 Å². The topological polar surface area (TPSA) is 553 Å². The van der Waals surface area contributed by atoms with Crippen LogP contribution in [0.15, 0.2) is 94.9 Å². The standard InChI is InChI=1S/C26H25B2F3N6O9P2.C25H22B2F3N7O10P2.C25H24B2F3N7O9P2/c27-47(39)42-9-15-21(19(31)26(44-15)37-7-12(29)17-23(37)34-10-35-24(17)38)46-48(28,40)41-8-14-20(45-47)18(30)25(43-14)36-6-11-2-1-4-32-13-3-5-33-22(36)16(11)13;26-48(40)43-7-13-20(18(30)25(45-13)37-22-16-10(3-4-31-22)34-14(38)2-1-11(16)35-37)47-49(27,41)42-6-12-19(46-48)17(29)24(44-12)36-5-9(28)15-21(36)32-8-33-23(15)39;26-47(39)42-8-14-20(18(30)25(44-14)37-22-16-11(3-5-32-22)31-4-1-2-12(16)35-37)46-48(27,40)41-7-13-19(45-47)17(29)24(43-13)36-6-10(28)15-21(36)33-9-34-23(15)38/h3,5-7,10,14-15,18-21,25-26,32H,1-2,4,8-9H2,(H,34,35,38);3-5,8,12-13,17-20,24-25H,1-2,6-7H2,(H,34,38)(H,32,33,39);3,5-6,9,13-14,17-20,24-25,31H,1-2,4,7-8H2,(H,33,34,38)/t14-,15-,18+,19?,20?,21+,25-,26-,47?,48?;12-,13-,17?,18+,19+,20?,24-,25-,48?,49?;13-,14-,17?,18+,19+,20?,24-,25-,47?,48?/m111/s1. The van der Waals surface area contributed by atoms with Crippen molar-refractivity contribution in [2.45, 2.75) is 186 Å². The third-order valence-electron chi connectivity index (χ3n) is 25.8. The van der Waals surface area contributed by atoms with Crippen LogP contribution in [0.25, 0.3) is 66.2 Å². The summed E-state index contributed by atoms with van der Waals surface area (Å²) in [5.41, 5.74) is 1.59. The number of nitrogens with one attached hydrogen (secondary N) is 6. The number of aromatic amines is 3. The summed E-state index contributed by atoms with van der Waals surface area (Å²) in [5.74, 6) is -3.31. The third-order valence-corrected chi connectivity index (χ3v) is 32.1. The molecule has 6 N–H and O–H groups in total. The first-order chi connectivity index (χ1) is 69.1. The minimum atomic E-state index is -4.72. The lowest BCUT2D eigenvalue weighted by Gasteiger charge is -2.29. The van der Waals surface area contributed by atoms with Crippen LogP contribution in [0.1, 0.15) is 73.6 Å². The number of alkyl halides is 6. The summed E-state index contributed by atoms with van der Waals surface area (Å²) in [4.78, 5) is 80.0. The molecule has 9 saturated heterocycles. The van der Waals surface area contributed by atoms with Gasteiger partial charge in [0.2, 0.25) is 51.3 Å². The van der Waals surface area contributed by atoms with E-state index in [0.29, 0.717) is 58.5 Å². The number of carbonyl (C=O) groups is 1. The summed E-state index contributed by atoms with van der Waals surface area (Å²) < 4.78 is 327. The van der Waals surface area contributed by atoms with Gasteiger partial charge in [-0.15, -0.1) is 0 Å². The average Bonchev–Trinajstić information content (AvgIpc) is 1.59. The number of aromatic nitrogens is 17. The summed E-state index contributed by atoms with van der Waals surface area (Å²) in [6.07, 6.45) is -27.6. The Bertz CT molecular complexity index is 7400. The number of carbonyl (C=O) groups excluding carboxylic acids is 1. The lowest BCUT2D eigenvalue weighted by atomic mass is 10.1. The molecule has 12 aromatic rings. The molecule has 30 atom stereocenters. The van der Waals surface area contributed by atoms with Crippen LogP contribution >= 0.6 is 44.8 Å². The van der Waals surface area contributed by atoms with Crippen LogP contribution in [-0.4, -0.2) is 297 Å². The van der Waals surface area contributed by atoms with E-state index in [4.69, 9.17) is 128 Å². The predicted octanol–water partition coefficient (Wildman–Crippen LogP) is 7.66. The Labute approximate surface area is 813 Å². The highest BCUT2D eigenvalue weighted by Crippen LogP contribution is 2.60. The first-order valence-electron chi connectivity index (χ1n) is 44.4. The molecule has 0 spiro atoms. The summed E-state index contributed by atoms with van der Waals surface area (Å²) in [6.45, 7) is -3.25. The molecule has 12 radical (unpaired) electrons. The second kappa shape index (κ2) is 38.3. The minimum absolute atomic E-state index is 0.106. The molecule has 145 heavy (non-hydrogen) atoms. The average molecular weight is 2130 g/mol. The second-order valence-electron chi connectivity index (χ2n) is 35.1. The lowest BCUT2D eigenvalue weighted by molar-refractivity contribution is -0.116. The highest BCUT2D eigenvalue weighted by atomic mass is 31.2. The molecule has 1 amide bonds. The smallest absolute Gasteiger partial charge is 0.264 e. The normalized spacial score (nSPS) is 37.2. The van der Waals surface area contributed by atoms with Gasteiger partial charge >= 0.3 is 0 Å². The van der Waals surface area contributed by atoms with Crippen molar-refractivity contribution in [2.24, 2.45) is 0 Å². The van der Waals surface area contributed by atoms with E-state index in [0.717, 1.165) is 97.7 Å². The molecule has 24 heterocycles. The second-order valence-corrected chi connectivity index (χ2v) is 44.4. The first kappa shape index (κ1) is 100. The third kappa shape index (κ3) is 18.7. The number of pyridine rings is 3. The Balaban J connectivity index is 0.000000124. The number of amides is 1. The van der Waals surface area contributed by atoms with E-state index in [1.54, 1.807) is 24.5 Å². The molecule has 24 rings (SSSR count). The van der Waals surface area contributed by atoms with E-state index in [1.807, 2.05) is 6.07 Å². The molecule has 12 aliphatic heterocycles. The Kier molecular flexibility index (Phi) is 26.5. The van der Waals surface area contributed by atoms with Crippen LogP contribution < -0.4 is 32.6 Å². The molecule has 0 bridgehead atoms. The molecule has 0 aliphatic carbocycles. The molecule has 0 saturated carbocycles. The number of nitrogens with zero attached hydrogens (tertiary/aromatic N) is 14. The van der Waals surface area contributed by atoms with E-state index in [2.05, 4.69) is 71.0 Å². The number of aryl methyl sites for hydroxylation is 3. The molecule has 12 aromatic heterocycles. The summed E-state index contributed by atoms with van der Waals surface area (Å²) in [5, 5.41) is 18.9. The number of anilines is 3. The van der Waals surface area contributed by atoms with Gasteiger partial charge in [0.05, 0.1) is 86.5 Å². The fraction of sp³-hybridized carbons (Fsp3) is 0.500. The Morgan fingerprint density at radius 3 is 0.966 bits per heavy atom. The molecule has 9 fully saturated rings. The van der Waals surface area contributed by atoms with E-state index in [1.165, 1.54) is 21.6 Å². The summed E-state index contributed by atoms with van der Waals surface area (Å²) in [6, 6.07) is 5.15. The van der Waals surface area contributed by atoms with Crippen LogP contribution in [0, 0.1) is 17.5 Å². The Hall–Kier alpha value is -9.32. The van der Waals surface area contributed by atoms with Crippen molar-refractivity contribution in [3.8, 4) is 0 Å². The molecule has 0 aromatic carbocycles. The molecule has 69 heteroatoms. The minimum Gasteiger partial charge on any atom is -0.384 e. The van der Waals surface area contributed by atoms with Gasteiger partial charge < -0.3 is 118 Å². The zero-order valence-electron chi connectivity index (χ0n) is 74.0. The molecule has 12 unspecified atom stereocenters. The van der Waals surface area contributed by atoms with E-state index < -0.39 is 282 Å². The number of H-pyrrole nitrogens is 3. The van der Waals surface area contributed by atoms with Crippen LogP contribution in [-0.2, 0) is 134 Å². The van der Waals surface area contributed by atoms with Gasteiger partial charge in [-0.3, -0.25) is 60.3 Å². The van der Waals surface area contributed by atoms with Crippen LogP contribution in [0.5, 0.6) is 0 Å². The maximum Gasteiger partial charge on any atom is 0.264 e. The fourth-order valence-corrected chi connectivity index (χ4v) is 25.5. The van der Waals surface area contributed by atoms with Gasteiger partial charge in [-0.05, 0) is 49.4 Å². The largest absolute Gasteiger partial charge is 0.384 e. The van der Waals surface area contributed by atoms with Crippen molar-refractivity contribution >= 4 is 179 Å². The summed E-state index contributed by atoms with van der Waals surface area (Å²) >= 11 is 0. The van der Waals surface area contributed by atoms with Gasteiger partial charge in [0.1, 0.15) is 95.1 Å². The number of halogens is 9. The van der Waals surface area contributed by atoms with Crippen LogP contribution in [0.3, 0.4) is 0 Å².